The first-order valence-electron chi connectivity index (χ1n) is 7.04. The molecule has 0 aliphatic carbocycles. The molecular formula is C14H17ClFNO6S. The van der Waals surface area contributed by atoms with Crippen LogP contribution in [0.15, 0.2) is 18.2 Å². The average Bonchev–Trinajstić information content (AvgIpc) is 2.70. The predicted octanol–water partition coefficient (Wildman–Crippen LogP) is 2.12. The van der Waals surface area contributed by atoms with Crippen molar-refractivity contribution in [3.8, 4) is 0 Å². The highest BCUT2D eigenvalue weighted by molar-refractivity contribution is 7.85. The smallest absolute Gasteiger partial charge is 0.407 e. The standard InChI is InChI=1S/C14H17ClFNO6S/c1-24(20,21)23-8-9-5-17(14(18)19)6-13(22-7-9)10-2-3-11(15)12(16)4-10/h2-4,9,13H,5-8H2,1H3,(H,18,19). The van der Waals surface area contributed by atoms with Gasteiger partial charge in [-0.2, -0.15) is 8.42 Å². The molecule has 1 heterocycles. The second kappa shape index (κ2) is 7.64. The van der Waals surface area contributed by atoms with Crippen LogP contribution in [0.4, 0.5) is 9.18 Å². The van der Waals surface area contributed by atoms with Crippen molar-refractivity contribution in [1.82, 2.24) is 4.90 Å². The van der Waals surface area contributed by atoms with Crippen molar-refractivity contribution < 1.29 is 31.6 Å². The number of hydrogen-bond donors (Lipinski definition) is 1. The first kappa shape index (κ1) is 18.9. The topological polar surface area (TPSA) is 93.1 Å². The molecule has 2 unspecified atom stereocenters. The van der Waals surface area contributed by atoms with Crippen LogP contribution in [0.3, 0.4) is 0 Å². The highest BCUT2D eigenvalue weighted by atomic mass is 35.5. The Morgan fingerprint density at radius 2 is 2.21 bits per heavy atom. The van der Waals surface area contributed by atoms with Crippen LogP contribution in [0, 0.1) is 11.7 Å². The van der Waals surface area contributed by atoms with Crippen molar-refractivity contribution in [3.63, 3.8) is 0 Å². The fourth-order valence-electron chi connectivity index (χ4n) is 2.34. The maximum Gasteiger partial charge on any atom is 0.407 e. The van der Waals surface area contributed by atoms with Crippen LogP contribution >= 0.6 is 11.6 Å². The normalized spacial score (nSPS) is 22.2. The summed E-state index contributed by atoms with van der Waals surface area (Å²) < 4.78 is 46.2. The van der Waals surface area contributed by atoms with Crippen LogP contribution in [-0.4, -0.2) is 57.1 Å². The lowest BCUT2D eigenvalue weighted by Gasteiger charge is -2.22. The molecule has 1 fully saturated rings. The SMILES string of the molecule is CS(=O)(=O)OCC1COC(c2ccc(Cl)c(F)c2)CN(C(=O)O)C1. The van der Waals surface area contributed by atoms with Gasteiger partial charge >= 0.3 is 6.09 Å². The van der Waals surface area contributed by atoms with Gasteiger partial charge < -0.3 is 14.7 Å². The summed E-state index contributed by atoms with van der Waals surface area (Å²) in [6.45, 7) is -0.0677. The zero-order chi connectivity index (χ0) is 17.9. The second-order valence-corrected chi connectivity index (χ2v) is 7.59. The van der Waals surface area contributed by atoms with E-state index in [0.717, 1.165) is 11.2 Å². The van der Waals surface area contributed by atoms with E-state index in [4.69, 9.17) is 20.5 Å². The number of carbonyl (C=O) groups is 1. The summed E-state index contributed by atoms with van der Waals surface area (Å²) in [5, 5.41) is 9.25. The Bertz CT molecular complexity index is 713. The molecule has 134 valence electrons. The molecule has 1 aromatic carbocycles. The van der Waals surface area contributed by atoms with E-state index in [2.05, 4.69) is 0 Å². The molecule has 0 spiro atoms. The lowest BCUT2D eigenvalue weighted by molar-refractivity contribution is 0.0352. The zero-order valence-corrected chi connectivity index (χ0v) is 14.4. The first-order valence-corrected chi connectivity index (χ1v) is 9.24. The number of halogens is 2. The second-order valence-electron chi connectivity index (χ2n) is 5.54. The zero-order valence-electron chi connectivity index (χ0n) is 12.8. The van der Waals surface area contributed by atoms with Crippen LogP contribution in [0.2, 0.25) is 5.02 Å². The van der Waals surface area contributed by atoms with Crippen molar-refractivity contribution in [1.29, 1.82) is 0 Å². The van der Waals surface area contributed by atoms with Crippen LogP contribution in [0.5, 0.6) is 0 Å². The van der Waals surface area contributed by atoms with Gasteiger partial charge in [-0.25, -0.2) is 9.18 Å². The van der Waals surface area contributed by atoms with E-state index < -0.39 is 34.1 Å². The highest BCUT2D eigenvalue weighted by Gasteiger charge is 2.29. The van der Waals surface area contributed by atoms with Crippen LogP contribution in [0.25, 0.3) is 0 Å². The van der Waals surface area contributed by atoms with Gasteiger partial charge in [-0.05, 0) is 17.7 Å². The van der Waals surface area contributed by atoms with E-state index >= 15 is 0 Å². The first-order chi connectivity index (χ1) is 11.2. The minimum Gasteiger partial charge on any atom is -0.465 e. The van der Waals surface area contributed by atoms with E-state index in [9.17, 15) is 22.7 Å². The lowest BCUT2D eigenvalue weighted by Crippen LogP contribution is -2.36. The lowest BCUT2D eigenvalue weighted by atomic mass is 10.1. The van der Waals surface area contributed by atoms with Gasteiger partial charge in [-0.15, -0.1) is 0 Å². The molecule has 0 radical (unpaired) electrons. The average molecular weight is 382 g/mol. The molecular weight excluding hydrogens is 365 g/mol. The van der Waals surface area contributed by atoms with Crippen LogP contribution in [-0.2, 0) is 19.0 Å². The molecule has 0 aromatic heterocycles. The van der Waals surface area contributed by atoms with E-state index in [-0.39, 0.29) is 31.3 Å². The number of carboxylic acid groups (broad SMARTS) is 1. The Hall–Kier alpha value is -1.42. The third-order valence-corrected chi connectivity index (χ3v) is 4.37. The number of hydrogen-bond acceptors (Lipinski definition) is 5. The van der Waals surface area contributed by atoms with Crippen molar-refractivity contribution in [2.45, 2.75) is 6.10 Å². The molecule has 1 N–H and O–H groups in total. The molecule has 24 heavy (non-hydrogen) atoms. The van der Waals surface area contributed by atoms with E-state index in [1.54, 1.807) is 6.07 Å². The third-order valence-electron chi connectivity index (χ3n) is 3.50. The van der Waals surface area contributed by atoms with Gasteiger partial charge in [0, 0.05) is 12.5 Å². The molecule has 1 aliphatic rings. The van der Waals surface area contributed by atoms with Crippen LogP contribution in [0.1, 0.15) is 11.7 Å². The maximum absolute atomic E-state index is 13.6. The van der Waals surface area contributed by atoms with Crippen molar-refractivity contribution in [3.05, 3.63) is 34.6 Å². The summed E-state index contributed by atoms with van der Waals surface area (Å²) in [5.74, 6) is -1.08. The van der Waals surface area contributed by atoms with Gasteiger partial charge in [-0.1, -0.05) is 17.7 Å². The van der Waals surface area contributed by atoms with Gasteiger partial charge in [0.1, 0.15) is 11.9 Å². The summed E-state index contributed by atoms with van der Waals surface area (Å²) in [6, 6.07) is 4.12. The minimum atomic E-state index is -3.63. The number of rotatable bonds is 4. The van der Waals surface area contributed by atoms with Gasteiger partial charge in [-0.3, -0.25) is 4.18 Å². The van der Waals surface area contributed by atoms with Crippen molar-refractivity contribution in [2.75, 3.05) is 32.6 Å². The Morgan fingerprint density at radius 3 is 2.79 bits per heavy atom. The molecule has 2 rings (SSSR count). The van der Waals surface area contributed by atoms with Gasteiger partial charge in [0.25, 0.3) is 10.1 Å². The Morgan fingerprint density at radius 1 is 1.50 bits per heavy atom. The third kappa shape index (κ3) is 5.30. The molecule has 1 aromatic rings. The summed E-state index contributed by atoms with van der Waals surface area (Å²) >= 11 is 5.64. The number of benzene rings is 1. The summed E-state index contributed by atoms with van der Waals surface area (Å²) in [5.41, 5.74) is 0.452. The molecule has 1 aliphatic heterocycles. The maximum atomic E-state index is 13.6. The molecule has 0 saturated carbocycles. The minimum absolute atomic E-state index is 0.00815. The van der Waals surface area contributed by atoms with Crippen LogP contribution < -0.4 is 0 Å². The van der Waals surface area contributed by atoms with Crippen molar-refractivity contribution in [2.24, 2.45) is 5.92 Å². The predicted molar refractivity (Wildman–Crippen MR) is 84.0 cm³/mol. The molecule has 10 heteroatoms. The summed E-state index contributed by atoms with van der Waals surface area (Å²) in [7, 11) is -3.63. The monoisotopic (exact) mass is 381 g/mol. The van der Waals surface area contributed by atoms with E-state index in [1.807, 2.05) is 0 Å². The Kier molecular flexibility index (Phi) is 6.02. The van der Waals surface area contributed by atoms with Gasteiger partial charge in [0.15, 0.2) is 0 Å². The fourth-order valence-corrected chi connectivity index (χ4v) is 2.89. The number of amides is 1. The Labute approximate surface area is 144 Å². The van der Waals surface area contributed by atoms with Gasteiger partial charge in [0.05, 0.1) is 31.0 Å². The van der Waals surface area contributed by atoms with Crippen molar-refractivity contribution >= 4 is 27.8 Å². The Balaban J connectivity index is 2.15. The summed E-state index contributed by atoms with van der Waals surface area (Å²) in [4.78, 5) is 12.5. The number of nitrogens with zero attached hydrogens (tertiary/aromatic N) is 1. The molecule has 1 amide bonds. The molecule has 2 atom stereocenters. The summed E-state index contributed by atoms with van der Waals surface area (Å²) in [6.07, 6.45) is -0.945. The quantitative estimate of drug-likeness (QED) is 0.803. The largest absolute Gasteiger partial charge is 0.465 e. The molecule has 0 bridgehead atoms. The van der Waals surface area contributed by atoms with E-state index in [1.165, 1.54) is 12.1 Å². The van der Waals surface area contributed by atoms with Gasteiger partial charge in [0.2, 0.25) is 0 Å². The number of ether oxygens (including phenoxy) is 1. The molecule has 7 nitrogen and oxygen atoms in total. The molecule has 1 saturated heterocycles. The fraction of sp³-hybridized carbons (Fsp3) is 0.500. The highest BCUT2D eigenvalue weighted by Crippen LogP contribution is 2.27. The van der Waals surface area contributed by atoms with E-state index in [0.29, 0.717) is 5.56 Å².